The summed E-state index contributed by atoms with van der Waals surface area (Å²) in [5.41, 5.74) is 1.57. The Morgan fingerprint density at radius 2 is 2.00 bits per heavy atom. The van der Waals surface area contributed by atoms with Crippen LogP contribution in [0.1, 0.15) is 9.67 Å². The molecule has 2 aromatic carbocycles. The van der Waals surface area contributed by atoms with Gasteiger partial charge in [0.2, 0.25) is 0 Å². The number of carbonyl (C=O) groups is 1. The molecule has 0 aliphatic rings. The van der Waals surface area contributed by atoms with Crippen LogP contribution >= 0.6 is 34.7 Å². The molecule has 0 saturated heterocycles. The summed E-state index contributed by atoms with van der Waals surface area (Å²) < 4.78 is 11.8. The molecule has 0 fully saturated rings. The minimum Gasteiger partial charge on any atom is -0.448 e. The molecule has 7 heteroatoms. The van der Waals surface area contributed by atoms with E-state index in [2.05, 4.69) is 16.8 Å². The lowest BCUT2D eigenvalue weighted by Crippen LogP contribution is -2.03. The van der Waals surface area contributed by atoms with Crippen molar-refractivity contribution in [2.45, 2.75) is 5.22 Å². The Bertz CT molecular complexity index is 1150. The second-order valence-electron chi connectivity index (χ2n) is 5.41. The number of fused-ring (bicyclic) bond motifs is 2. The Labute approximate surface area is 168 Å². The molecule has 134 valence electrons. The molecule has 2 aromatic heterocycles. The number of ether oxygens (including phenoxy) is 1. The van der Waals surface area contributed by atoms with Gasteiger partial charge in [0, 0.05) is 10.1 Å². The number of para-hydroxylation sites is 2. The number of thioether (sulfide) groups is 1. The average molecular weight is 414 g/mol. The van der Waals surface area contributed by atoms with Crippen molar-refractivity contribution in [2.75, 3.05) is 12.4 Å². The van der Waals surface area contributed by atoms with Crippen molar-refractivity contribution in [2.24, 2.45) is 0 Å². The summed E-state index contributed by atoms with van der Waals surface area (Å²) in [5.74, 6) is 5.79. The third-order valence-corrected chi connectivity index (χ3v) is 6.03. The lowest BCUT2D eigenvalue weighted by Gasteiger charge is -1.98. The largest absolute Gasteiger partial charge is 0.448 e. The number of rotatable bonds is 4. The van der Waals surface area contributed by atoms with E-state index in [4.69, 9.17) is 20.8 Å². The van der Waals surface area contributed by atoms with Crippen molar-refractivity contribution in [3.05, 3.63) is 58.4 Å². The third-order valence-electron chi connectivity index (χ3n) is 3.66. The molecule has 0 spiro atoms. The first-order valence-corrected chi connectivity index (χ1v) is 10.2. The Kier molecular flexibility index (Phi) is 5.35. The number of halogens is 1. The maximum atomic E-state index is 12.2. The topological polar surface area (TPSA) is 52.3 Å². The van der Waals surface area contributed by atoms with Crippen molar-refractivity contribution in [3.63, 3.8) is 0 Å². The van der Waals surface area contributed by atoms with Crippen molar-refractivity contribution < 1.29 is 13.9 Å². The first-order valence-electron chi connectivity index (χ1n) is 8.00. The van der Waals surface area contributed by atoms with Crippen molar-refractivity contribution in [1.82, 2.24) is 4.98 Å². The lowest BCUT2D eigenvalue weighted by molar-refractivity contribution is 0.0562. The SMILES string of the molecule is O=C(OCC#CCSc1nc2ccccc2o1)c1sc2ccccc2c1Cl. The highest BCUT2D eigenvalue weighted by atomic mass is 35.5. The van der Waals surface area contributed by atoms with E-state index in [0.29, 0.717) is 20.9 Å². The minimum absolute atomic E-state index is 0.0114. The van der Waals surface area contributed by atoms with Crippen LogP contribution < -0.4 is 0 Å². The van der Waals surface area contributed by atoms with Crippen LogP contribution in [-0.4, -0.2) is 23.3 Å². The van der Waals surface area contributed by atoms with Crippen LogP contribution in [0.2, 0.25) is 5.02 Å². The van der Waals surface area contributed by atoms with Crippen molar-refractivity contribution in [3.8, 4) is 11.8 Å². The van der Waals surface area contributed by atoms with Gasteiger partial charge in [0.15, 0.2) is 12.2 Å². The molecule has 0 saturated carbocycles. The summed E-state index contributed by atoms with van der Waals surface area (Å²) in [6.45, 7) is 0.0114. The fourth-order valence-electron chi connectivity index (χ4n) is 2.43. The molecule has 0 atom stereocenters. The number of thiophene rings is 1. The summed E-state index contributed by atoms with van der Waals surface area (Å²) in [4.78, 5) is 17.0. The zero-order valence-electron chi connectivity index (χ0n) is 13.9. The summed E-state index contributed by atoms with van der Waals surface area (Å²) >= 11 is 8.98. The van der Waals surface area contributed by atoms with E-state index in [0.717, 1.165) is 21.2 Å². The second kappa shape index (κ2) is 8.05. The fourth-order valence-corrected chi connectivity index (χ4v) is 4.44. The Morgan fingerprint density at radius 1 is 1.19 bits per heavy atom. The highest BCUT2D eigenvalue weighted by Crippen LogP contribution is 2.35. The molecule has 4 nitrogen and oxygen atoms in total. The molecule has 4 aromatic rings. The number of esters is 1. The second-order valence-corrected chi connectivity index (χ2v) is 7.76. The lowest BCUT2D eigenvalue weighted by atomic mass is 10.2. The quantitative estimate of drug-likeness (QED) is 0.246. The highest BCUT2D eigenvalue weighted by molar-refractivity contribution is 7.99. The van der Waals surface area contributed by atoms with Gasteiger partial charge in [-0.15, -0.1) is 11.3 Å². The van der Waals surface area contributed by atoms with Gasteiger partial charge in [-0.05, 0) is 18.2 Å². The predicted octanol–water partition coefficient (Wildman–Crippen LogP) is 5.65. The molecule has 4 rings (SSSR count). The predicted molar refractivity (Wildman–Crippen MR) is 110 cm³/mol. The standard InChI is InChI=1S/C20H12ClNO3S2/c21-17-13-7-1-4-10-16(13)27-18(17)19(23)24-11-5-6-12-26-20-22-14-8-2-3-9-15(14)25-20/h1-4,7-10H,11-12H2. The minimum atomic E-state index is -0.456. The Hall–Kier alpha value is -2.46. The van der Waals surface area contributed by atoms with Crippen LogP contribution in [0, 0.1) is 11.8 Å². The van der Waals surface area contributed by atoms with Gasteiger partial charge >= 0.3 is 5.97 Å². The first-order chi connectivity index (χ1) is 13.2. The van der Waals surface area contributed by atoms with E-state index in [-0.39, 0.29) is 6.61 Å². The van der Waals surface area contributed by atoms with Crippen LogP contribution in [0.15, 0.2) is 58.2 Å². The Morgan fingerprint density at radius 3 is 2.85 bits per heavy atom. The van der Waals surface area contributed by atoms with E-state index >= 15 is 0 Å². The number of oxazole rings is 1. The molecule has 0 unspecified atom stereocenters. The van der Waals surface area contributed by atoms with Gasteiger partial charge in [0.1, 0.15) is 10.4 Å². The number of carbonyl (C=O) groups excluding carboxylic acids is 1. The summed E-state index contributed by atoms with van der Waals surface area (Å²) in [5, 5.41) is 1.86. The number of aromatic nitrogens is 1. The van der Waals surface area contributed by atoms with Gasteiger partial charge in [-0.3, -0.25) is 0 Å². The van der Waals surface area contributed by atoms with E-state index in [1.165, 1.54) is 23.1 Å². The molecule has 0 radical (unpaired) electrons. The summed E-state index contributed by atoms with van der Waals surface area (Å²) in [7, 11) is 0. The maximum Gasteiger partial charge on any atom is 0.350 e. The summed E-state index contributed by atoms with van der Waals surface area (Å²) in [6.07, 6.45) is 0. The third kappa shape index (κ3) is 3.96. The molecular weight excluding hydrogens is 402 g/mol. The summed E-state index contributed by atoms with van der Waals surface area (Å²) in [6, 6.07) is 15.2. The average Bonchev–Trinajstić information content (AvgIpc) is 3.25. The maximum absolute atomic E-state index is 12.2. The number of hydrogen-bond donors (Lipinski definition) is 0. The highest BCUT2D eigenvalue weighted by Gasteiger charge is 2.17. The van der Waals surface area contributed by atoms with Gasteiger partial charge in [-0.25, -0.2) is 9.78 Å². The molecule has 0 amide bonds. The normalized spacial score (nSPS) is 10.7. The monoisotopic (exact) mass is 413 g/mol. The van der Waals surface area contributed by atoms with Crippen LogP contribution in [0.3, 0.4) is 0 Å². The van der Waals surface area contributed by atoms with Crippen LogP contribution in [0.5, 0.6) is 0 Å². The number of hydrogen-bond acceptors (Lipinski definition) is 6. The van der Waals surface area contributed by atoms with Crippen LogP contribution in [-0.2, 0) is 4.74 Å². The van der Waals surface area contributed by atoms with Gasteiger partial charge < -0.3 is 9.15 Å². The smallest absolute Gasteiger partial charge is 0.350 e. The fraction of sp³-hybridized carbons (Fsp3) is 0.100. The molecule has 0 aliphatic heterocycles. The van der Waals surface area contributed by atoms with E-state index in [9.17, 15) is 4.79 Å². The zero-order valence-corrected chi connectivity index (χ0v) is 16.3. The number of benzene rings is 2. The van der Waals surface area contributed by atoms with Crippen LogP contribution in [0.4, 0.5) is 0 Å². The molecule has 0 N–H and O–H groups in total. The molecule has 0 bridgehead atoms. The molecule has 0 aliphatic carbocycles. The van der Waals surface area contributed by atoms with E-state index in [1.54, 1.807) is 0 Å². The van der Waals surface area contributed by atoms with Crippen molar-refractivity contribution >= 4 is 61.9 Å². The first kappa shape index (κ1) is 17.9. The van der Waals surface area contributed by atoms with E-state index in [1.807, 2.05) is 48.5 Å². The molecular formula is C20H12ClNO3S2. The molecule has 2 heterocycles. The van der Waals surface area contributed by atoms with Crippen molar-refractivity contribution in [1.29, 1.82) is 0 Å². The molecule has 27 heavy (non-hydrogen) atoms. The van der Waals surface area contributed by atoms with Gasteiger partial charge in [-0.2, -0.15) is 0 Å². The van der Waals surface area contributed by atoms with Crippen LogP contribution in [0.25, 0.3) is 21.2 Å². The van der Waals surface area contributed by atoms with Gasteiger partial charge in [-0.1, -0.05) is 65.5 Å². The Balaban J connectivity index is 1.30. The zero-order chi connectivity index (χ0) is 18.6. The van der Waals surface area contributed by atoms with Gasteiger partial charge in [0.25, 0.3) is 5.22 Å². The number of nitrogens with zero attached hydrogens (tertiary/aromatic N) is 1. The van der Waals surface area contributed by atoms with Gasteiger partial charge in [0.05, 0.1) is 10.8 Å². The van der Waals surface area contributed by atoms with E-state index < -0.39 is 5.97 Å².